The predicted molar refractivity (Wildman–Crippen MR) is 58.3 cm³/mol. The quantitative estimate of drug-likeness (QED) is 0.551. The average molecular weight is 212 g/mol. The Hall–Kier alpha value is -0.830. The van der Waals surface area contributed by atoms with Crippen LogP contribution in [0.3, 0.4) is 0 Å². The molecule has 3 nitrogen and oxygen atoms in total. The summed E-state index contributed by atoms with van der Waals surface area (Å²) in [7, 11) is 0. The van der Waals surface area contributed by atoms with Crippen molar-refractivity contribution in [2.75, 3.05) is 6.52 Å². The molecule has 0 aliphatic heterocycles. The Morgan fingerprint density at radius 2 is 2.60 bits per heavy atom. The van der Waals surface area contributed by atoms with Crippen molar-refractivity contribution >= 4 is 5.97 Å². The molecule has 1 saturated carbocycles. The average Bonchev–Trinajstić information content (AvgIpc) is 2.52. The van der Waals surface area contributed by atoms with Gasteiger partial charge < -0.3 is 10.8 Å². The van der Waals surface area contributed by atoms with E-state index in [0.717, 1.165) is 19.3 Å². The van der Waals surface area contributed by atoms with Crippen LogP contribution in [0.5, 0.6) is 0 Å². The number of allylic oxidation sites excluding steroid dienone is 2. The van der Waals surface area contributed by atoms with Gasteiger partial charge in [-0.05, 0) is 43.0 Å². The first-order chi connectivity index (χ1) is 7.49. The molecule has 0 saturated heterocycles. The van der Waals surface area contributed by atoms with Crippen LogP contribution < -0.4 is 5.73 Å². The monoisotopic (exact) mass is 212 g/mol. The molecule has 0 spiro atoms. The molecule has 0 bridgehead atoms. The lowest BCUT2D eigenvalue weighted by Crippen LogP contribution is -2.51. The number of hydrogen-bond acceptors (Lipinski definition) is 2. The van der Waals surface area contributed by atoms with Crippen molar-refractivity contribution in [3.63, 3.8) is 0 Å². The fourth-order valence-corrected chi connectivity index (χ4v) is 3.19. The summed E-state index contributed by atoms with van der Waals surface area (Å²) in [6.07, 6.45) is 5.13. The van der Waals surface area contributed by atoms with E-state index in [0.29, 0.717) is 5.92 Å². The third-order valence-electron chi connectivity index (χ3n) is 4.02. The van der Waals surface area contributed by atoms with E-state index in [1.165, 1.54) is 5.57 Å². The summed E-state index contributed by atoms with van der Waals surface area (Å²) in [6.45, 7) is 1.34. The molecule has 0 heterocycles. The van der Waals surface area contributed by atoms with Gasteiger partial charge in [-0.1, -0.05) is 18.6 Å². The van der Waals surface area contributed by atoms with E-state index >= 15 is 0 Å². The summed E-state index contributed by atoms with van der Waals surface area (Å²) in [5.74, 6) is -0.0590. The Kier molecular flexibility index (Phi) is 2.28. The first kappa shape index (κ1) is 9.40. The van der Waals surface area contributed by atoms with Crippen LogP contribution in [0.1, 0.15) is 34.0 Å². The maximum absolute atomic E-state index is 10.9. The van der Waals surface area contributed by atoms with Gasteiger partial charge in [-0.2, -0.15) is 0 Å². The van der Waals surface area contributed by atoms with E-state index in [9.17, 15) is 4.79 Å². The standard InChI is InChI=1S/C12H19NO2/c1-2-8-3-9-5-12(7-13,6-11(14)15)10(9)4-8/h4,9-10H,2-3,5-7,13H2,1H3,(H,14,15)/t9-,10-,12?/m1/s1/i6+1,7D,11+1/t7?,9-,10-,12?. The van der Waals surface area contributed by atoms with Crippen molar-refractivity contribution in [3.05, 3.63) is 11.6 Å². The molecular weight excluding hydrogens is 192 g/mol. The summed E-state index contributed by atoms with van der Waals surface area (Å²) in [6, 6.07) is 0. The topological polar surface area (TPSA) is 63.3 Å². The maximum atomic E-state index is 10.9. The molecule has 0 amide bonds. The van der Waals surface area contributed by atoms with Gasteiger partial charge in [0.1, 0.15) is 0 Å². The van der Waals surface area contributed by atoms with E-state index < -0.39 is 17.9 Å². The zero-order valence-corrected chi connectivity index (χ0v) is 9.07. The highest BCUT2D eigenvalue weighted by Crippen LogP contribution is 2.59. The lowest BCUT2D eigenvalue weighted by Gasteiger charge is -2.51. The number of aliphatic carboxylic acids is 1. The highest BCUT2D eigenvalue weighted by atomic mass is 16.5. The molecule has 84 valence electrons. The van der Waals surface area contributed by atoms with Gasteiger partial charge in [-0.3, -0.25) is 4.79 Å². The first-order valence-corrected chi connectivity index (χ1v) is 5.59. The fourth-order valence-electron chi connectivity index (χ4n) is 3.19. The minimum atomic E-state index is -0.834. The highest BCUT2D eigenvalue weighted by Gasteiger charge is 2.54. The third-order valence-corrected chi connectivity index (χ3v) is 4.02. The molecule has 0 aromatic heterocycles. The van der Waals surface area contributed by atoms with Crippen LogP contribution in [0.25, 0.3) is 0 Å². The van der Waals surface area contributed by atoms with Crippen molar-refractivity contribution in [3.8, 4) is 0 Å². The summed E-state index contributed by atoms with van der Waals surface area (Å²) >= 11 is 0. The summed E-state index contributed by atoms with van der Waals surface area (Å²) in [4.78, 5) is 10.9. The van der Waals surface area contributed by atoms with E-state index in [1.807, 2.05) is 0 Å². The van der Waals surface area contributed by atoms with Crippen molar-refractivity contribution in [2.24, 2.45) is 23.0 Å². The second-order valence-electron chi connectivity index (χ2n) is 4.84. The second kappa shape index (κ2) is 3.63. The molecule has 2 aliphatic rings. The molecule has 4 atom stereocenters. The van der Waals surface area contributed by atoms with Crippen molar-refractivity contribution < 1.29 is 11.3 Å². The Morgan fingerprint density at radius 3 is 3.13 bits per heavy atom. The SMILES string of the molecule is [2H]C(N)C1([13CH2][13C](=O)O)C[C@H]2CC(CC)=C[C@H]21. The Bertz CT molecular complexity index is 340. The number of rotatable bonds is 4. The van der Waals surface area contributed by atoms with Gasteiger partial charge in [-0.25, -0.2) is 0 Å². The Balaban J connectivity index is 2.18. The normalized spacial score (nSPS) is 41.2. The number of carbonyl (C=O) groups is 1. The fraction of sp³-hybridized carbons (Fsp3) is 0.750. The molecule has 2 rings (SSSR count). The first-order valence-electron chi connectivity index (χ1n) is 6.16. The Labute approximate surface area is 91.8 Å². The zero-order valence-electron chi connectivity index (χ0n) is 10.1. The minimum absolute atomic E-state index is 0.0341. The lowest BCUT2D eigenvalue weighted by atomic mass is 9.58. The van der Waals surface area contributed by atoms with Gasteiger partial charge in [0.15, 0.2) is 0 Å². The molecular formula is C12H19NO2. The van der Waals surface area contributed by atoms with E-state index in [4.69, 9.17) is 12.2 Å². The largest absolute Gasteiger partial charge is 0.481 e. The molecule has 3 N–H and O–H groups in total. The van der Waals surface area contributed by atoms with Crippen LogP contribution in [-0.4, -0.2) is 17.6 Å². The van der Waals surface area contributed by atoms with Crippen molar-refractivity contribution in [1.82, 2.24) is 0 Å². The molecule has 3 heteroatoms. The molecule has 1 fully saturated rings. The smallest absolute Gasteiger partial charge is 0.303 e. The zero-order chi connectivity index (χ0) is 11.9. The third kappa shape index (κ3) is 1.59. The van der Waals surface area contributed by atoms with Crippen LogP contribution in [0.15, 0.2) is 11.6 Å². The van der Waals surface area contributed by atoms with Gasteiger partial charge in [0.05, 0.1) is 6.42 Å². The van der Waals surface area contributed by atoms with E-state index in [2.05, 4.69) is 13.0 Å². The summed E-state index contributed by atoms with van der Waals surface area (Å²) in [5.41, 5.74) is 6.60. The number of carboxylic acid groups (broad SMARTS) is 1. The summed E-state index contributed by atoms with van der Waals surface area (Å²) < 4.78 is 7.74. The molecule has 0 aromatic carbocycles. The number of nitrogens with two attached hydrogens (primary N) is 1. The van der Waals surface area contributed by atoms with Gasteiger partial charge in [0.2, 0.25) is 0 Å². The minimum Gasteiger partial charge on any atom is -0.481 e. The molecule has 0 aromatic rings. The molecule has 2 unspecified atom stereocenters. The van der Waals surface area contributed by atoms with Gasteiger partial charge in [0, 0.05) is 1.37 Å². The molecule has 2 aliphatic carbocycles. The van der Waals surface area contributed by atoms with Crippen molar-refractivity contribution in [2.45, 2.75) is 32.6 Å². The highest BCUT2D eigenvalue weighted by molar-refractivity contribution is 5.68. The number of carboxylic acids is 1. The van der Waals surface area contributed by atoms with Crippen LogP contribution in [0.4, 0.5) is 0 Å². The van der Waals surface area contributed by atoms with Crippen LogP contribution in [0, 0.1) is 17.3 Å². The second-order valence-corrected chi connectivity index (χ2v) is 4.84. The predicted octanol–water partition coefficient (Wildman–Crippen LogP) is 1.78. The van der Waals surface area contributed by atoms with Crippen molar-refractivity contribution in [1.29, 1.82) is 0 Å². The maximum Gasteiger partial charge on any atom is 0.303 e. The number of hydrogen-bond donors (Lipinski definition) is 2. The number of fused-ring (bicyclic) bond motifs is 1. The van der Waals surface area contributed by atoms with E-state index in [1.54, 1.807) is 0 Å². The van der Waals surface area contributed by atoms with Crippen LogP contribution in [0.2, 0.25) is 0 Å². The lowest BCUT2D eigenvalue weighted by molar-refractivity contribution is -0.144. The van der Waals surface area contributed by atoms with Crippen LogP contribution in [-0.2, 0) is 4.79 Å². The Morgan fingerprint density at radius 1 is 1.87 bits per heavy atom. The summed E-state index contributed by atoms with van der Waals surface area (Å²) in [5, 5.41) is 8.95. The van der Waals surface area contributed by atoms with Gasteiger partial charge in [-0.15, -0.1) is 0 Å². The molecule has 15 heavy (non-hydrogen) atoms. The van der Waals surface area contributed by atoms with E-state index in [-0.39, 0.29) is 12.3 Å². The van der Waals surface area contributed by atoms with Gasteiger partial charge in [0.25, 0.3) is 0 Å². The molecule has 0 radical (unpaired) electrons. The van der Waals surface area contributed by atoms with Crippen LogP contribution >= 0.6 is 0 Å². The van der Waals surface area contributed by atoms with Gasteiger partial charge >= 0.3 is 5.97 Å².